The first kappa shape index (κ1) is 25.3. The van der Waals surface area contributed by atoms with Crippen molar-refractivity contribution in [3.05, 3.63) is 56.9 Å². The number of carbonyl (C=O) groups excluding carboxylic acids is 2. The molecule has 1 saturated heterocycles. The van der Waals surface area contributed by atoms with Crippen molar-refractivity contribution < 1.29 is 19.1 Å². The largest absolute Gasteiger partial charge is 0.493 e. The van der Waals surface area contributed by atoms with E-state index in [1.807, 2.05) is 31.2 Å². The standard InChI is InChI=1S/C24H25BrN2O4S2/c1-4-5-10-27-23(29)21(33-24(27)32)13-16-6-9-19(20(12-16)30-3)31-14-22(28)26-17-7-8-18(25)15(2)11-17/h6-9,11-13H,4-5,10,14H2,1-3H3,(H,26,28)/b21-13-. The molecule has 174 valence electrons. The Morgan fingerprint density at radius 3 is 2.73 bits per heavy atom. The van der Waals surface area contributed by atoms with Gasteiger partial charge in [-0.25, -0.2) is 0 Å². The number of unbranched alkanes of at least 4 members (excludes halogenated alkanes) is 1. The number of amides is 2. The number of carbonyl (C=O) groups is 2. The summed E-state index contributed by atoms with van der Waals surface area (Å²) < 4.78 is 12.7. The number of nitrogens with zero attached hydrogens (tertiary/aromatic N) is 1. The van der Waals surface area contributed by atoms with Gasteiger partial charge in [0.2, 0.25) is 0 Å². The zero-order valence-corrected chi connectivity index (χ0v) is 21.9. The number of thiocarbonyl (C=S) groups is 1. The molecular formula is C24H25BrN2O4S2. The number of thioether (sulfide) groups is 1. The second-order valence-electron chi connectivity index (χ2n) is 7.40. The van der Waals surface area contributed by atoms with Gasteiger partial charge in [0, 0.05) is 16.7 Å². The predicted octanol–water partition coefficient (Wildman–Crippen LogP) is 5.78. The van der Waals surface area contributed by atoms with E-state index in [9.17, 15) is 9.59 Å². The minimum atomic E-state index is -0.279. The highest BCUT2D eigenvalue weighted by atomic mass is 79.9. The van der Waals surface area contributed by atoms with E-state index in [1.54, 1.807) is 23.1 Å². The monoisotopic (exact) mass is 548 g/mol. The van der Waals surface area contributed by atoms with Crippen molar-refractivity contribution in [2.75, 3.05) is 25.6 Å². The molecule has 0 bridgehead atoms. The third-order valence-corrected chi connectivity index (χ3v) is 7.16. The molecular weight excluding hydrogens is 524 g/mol. The van der Waals surface area contributed by atoms with E-state index in [2.05, 4.69) is 28.2 Å². The Labute approximate surface area is 211 Å². The second-order valence-corrected chi connectivity index (χ2v) is 9.93. The van der Waals surface area contributed by atoms with Crippen molar-refractivity contribution in [3.63, 3.8) is 0 Å². The average molecular weight is 550 g/mol. The van der Waals surface area contributed by atoms with Crippen LogP contribution in [-0.2, 0) is 9.59 Å². The smallest absolute Gasteiger partial charge is 0.266 e. The third-order valence-electron chi connectivity index (χ3n) is 4.89. The van der Waals surface area contributed by atoms with E-state index in [1.165, 1.54) is 18.9 Å². The fourth-order valence-corrected chi connectivity index (χ4v) is 4.67. The third kappa shape index (κ3) is 6.59. The van der Waals surface area contributed by atoms with Gasteiger partial charge in [0.15, 0.2) is 18.1 Å². The van der Waals surface area contributed by atoms with E-state index in [0.29, 0.717) is 33.0 Å². The SMILES string of the molecule is CCCCN1C(=O)/C(=C/c2ccc(OCC(=O)Nc3ccc(Br)c(C)c3)c(OC)c2)SC1=S. The number of ether oxygens (including phenoxy) is 2. The molecule has 6 nitrogen and oxygen atoms in total. The minimum Gasteiger partial charge on any atom is -0.493 e. The van der Waals surface area contributed by atoms with E-state index in [-0.39, 0.29) is 18.4 Å². The van der Waals surface area contributed by atoms with E-state index >= 15 is 0 Å². The Morgan fingerprint density at radius 1 is 1.24 bits per heavy atom. The Kier molecular flexibility index (Phi) is 8.94. The predicted molar refractivity (Wildman–Crippen MR) is 141 cm³/mol. The van der Waals surface area contributed by atoms with Gasteiger partial charge in [-0.1, -0.05) is 59.3 Å². The van der Waals surface area contributed by atoms with Crippen molar-refractivity contribution in [1.29, 1.82) is 0 Å². The van der Waals surface area contributed by atoms with Crippen LogP contribution in [0.4, 0.5) is 5.69 Å². The number of aryl methyl sites for hydroxylation is 1. The lowest BCUT2D eigenvalue weighted by atomic mass is 10.2. The molecule has 0 saturated carbocycles. The molecule has 0 aliphatic carbocycles. The van der Waals surface area contributed by atoms with Gasteiger partial charge in [0.05, 0.1) is 12.0 Å². The summed E-state index contributed by atoms with van der Waals surface area (Å²) in [5.74, 6) is 0.556. The van der Waals surface area contributed by atoms with Gasteiger partial charge in [-0.05, 0) is 60.9 Å². The number of benzene rings is 2. The summed E-state index contributed by atoms with van der Waals surface area (Å²) >= 11 is 10.1. The minimum absolute atomic E-state index is 0.0717. The molecule has 0 atom stereocenters. The van der Waals surface area contributed by atoms with Gasteiger partial charge in [0.1, 0.15) is 4.32 Å². The molecule has 2 amide bonds. The zero-order chi connectivity index (χ0) is 24.0. The first-order chi connectivity index (χ1) is 15.8. The molecule has 9 heteroatoms. The molecule has 0 radical (unpaired) electrons. The summed E-state index contributed by atoms with van der Waals surface area (Å²) in [5.41, 5.74) is 2.50. The molecule has 3 rings (SSSR count). The summed E-state index contributed by atoms with van der Waals surface area (Å²) in [7, 11) is 1.53. The zero-order valence-electron chi connectivity index (χ0n) is 18.6. The molecule has 0 spiro atoms. The fraction of sp³-hybridized carbons (Fsp3) is 0.292. The molecule has 1 heterocycles. The Balaban J connectivity index is 1.65. The lowest BCUT2D eigenvalue weighted by Crippen LogP contribution is -2.28. The first-order valence-electron chi connectivity index (χ1n) is 10.4. The van der Waals surface area contributed by atoms with Crippen LogP contribution < -0.4 is 14.8 Å². The molecule has 1 N–H and O–H groups in total. The van der Waals surface area contributed by atoms with E-state index in [4.69, 9.17) is 21.7 Å². The number of methoxy groups -OCH3 is 1. The van der Waals surface area contributed by atoms with Crippen LogP contribution >= 0.6 is 39.9 Å². The second kappa shape index (κ2) is 11.7. The fourth-order valence-electron chi connectivity index (χ4n) is 3.12. The van der Waals surface area contributed by atoms with E-state index < -0.39 is 0 Å². The number of nitrogens with one attached hydrogen (secondary N) is 1. The van der Waals surface area contributed by atoms with Crippen molar-refractivity contribution in [2.24, 2.45) is 0 Å². The summed E-state index contributed by atoms with van der Waals surface area (Å²) in [6, 6.07) is 10.9. The van der Waals surface area contributed by atoms with Crippen LogP contribution in [0.25, 0.3) is 6.08 Å². The summed E-state index contributed by atoms with van der Waals surface area (Å²) in [4.78, 5) is 27.2. The summed E-state index contributed by atoms with van der Waals surface area (Å²) in [5, 5.41) is 2.81. The van der Waals surface area contributed by atoms with Crippen molar-refractivity contribution >= 4 is 67.8 Å². The summed E-state index contributed by atoms with van der Waals surface area (Å²) in [6.07, 6.45) is 3.70. The molecule has 0 aromatic heterocycles. The molecule has 2 aromatic rings. The van der Waals surface area contributed by atoms with Crippen LogP contribution in [-0.4, -0.2) is 41.3 Å². The van der Waals surface area contributed by atoms with Crippen molar-refractivity contribution in [1.82, 2.24) is 4.90 Å². The number of hydrogen-bond donors (Lipinski definition) is 1. The van der Waals surface area contributed by atoms with Gasteiger partial charge in [-0.15, -0.1) is 0 Å². The van der Waals surface area contributed by atoms with E-state index in [0.717, 1.165) is 28.4 Å². The van der Waals surface area contributed by atoms with Crippen LogP contribution in [0.1, 0.15) is 30.9 Å². The number of anilines is 1. The molecule has 1 fully saturated rings. The Morgan fingerprint density at radius 2 is 2.03 bits per heavy atom. The number of hydrogen-bond acceptors (Lipinski definition) is 6. The molecule has 1 aliphatic rings. The highest BCUT2D eigenvalue weighted by Crippen LogP contribution is 2.35. The molecule has 0 unspecified atom stereocenters. The van der Waals surface area contributed by atoms with Crippen LogP contribution in [0.15, 0.2) is 45.8 Å². The Hall–Kier alpha value is -2.36. The maximum atomic E-state index is 12.7. The highest BCUT2D eigenvalue weighted by Gasteiger charge is 2.31. The van der Waals surface area contributed by atoms with Crippen LogP contribution in [0.3, 0.4) is 0 Å². The first-order valence-corrected chi connectivity index (χ1v) is 12.5. The molecule has 33 heavy (non-hydrogen) atoms. The van der Waals surface area contributed by atoms with Crippen LogP contribution in [0, 0.1) is 6.92 Å². The number of halogens is 1. The lowest BCUT2D eigenvalue weighted by Gasteiger charge is -2.13. The maximum absolute atomic E-state index is 12.7. The molecule has 1 aliphatic heterocycles. The quantitative estimate of drug-likeness (QED) is 0.316. The van der Waals surface area contributed by atoms with Gasteiger partial charge in [0.25, 0.3) is 11.8 Å². The summed E-state index contributed by atoms with van der Waals surface area (Å²) in [6.45, 7) is 4.50. The topological polar surface area (TPSA) is 67.9 Å². The molecule has 2 aromatic carbocycles. The van der Waals surface area contributed by atoms with Gasteiger partial charge in [-0.3, -0.25) is 14.5 Å². The van der Waals surface area contributed by atoms with Gasteiger partial charge >= 0.3 is 0 Å². The normalized spacial score (nSPS) is 14.7. The van der Waals surface area contributed by atoms with Crippen molar-refractivity contribution in [3.8, 4) is 11.5 Å². The maximum Gasteiger partial charge on any atom is 0.266 e. The van der Waals surface area contributed by atoms with Gasteiger partial charge in [-0.2, -0.15) is 0 Å². The number of rotatable bonds is 9. The highest BCUT2D eigenvalue weighted by molar-refractivity contribution is 9.10. The Bertz CT molecular complexity index is 1100. The van der Waals surface area contributed by atoms with Gasteiger partial charge < -0.3 is 14.8 Å². The lowest BCUT2D eigenvalue weighted by molar-refractivity contribution is -0.122. The van der Waals surface area contributed by atoms with Crippen molar-refractivity contribution in [2.45, 2.75) is 26.7 Å². The van der Waals surface area contributed by atoms with Crippen LogP contribution in [0.5, 0.6) is 11.5 Å². The average Bonchev–Trinajstić information content (AvgIpc) is 3.06. The van der Waals surface area contributed by atoms with Crippen LogP contribution in [0.2, 0.25) is 0 Å².